The lowest BCUT2D eigenvalue weighted by Crippen LogP contribution is -2.65. The summed E-state index contributed by atoms with van der Waals surface area (Å²) in [4.78, 5) is 5.46. The van der Waals surface area contributed by atoms with Gasteiger partial charge in [0.05, 0.1) is 12.1 Å². The van der Waals surface area contributed by atoms with Crippen LogP contribution in [0.15, 0.2) is 157 Å². The number of aryl methyl sites for hydroxylation is 1. The molecule has 3 atom stereocenters. The lowest BCUT2D eigenvalue weighted by Gasteiger charge is -2.55. The number of allylic oxidation sites excluding steroid dienone is 4. The van der Waals surface area contributed by atoms with E-state index in [2.05, 4.69) is 162 Å². The first-order chi connectivity index (χ1) is 24.7. The summed E-state index contributed by atoms with van der Waals surface area (Å²) in [6.45, 7) is 2.50. The van der Waals surface area contributed by atoms with Gasteiger partial charge in [0.25, 0.3) is 0 Å². The van der Waals surface area contributed by atoms with E-state index in [4.69, 9.17) is 0 Å². The van der Waals surface area contributed by atoms with E-state index in [0.717, 1.165) is 6.42 Å². The van der Waals surface area contributed by atoms with Crippen LogP contribution in [0.4, 0.5) is 17.1 Å². The molecule has 2 heterocycles. The van der Waals surface area contributed by atoms with E-state index in [0.29, 0.717) is 12.0 Å². The minimum absolute atomic E-state index is 0.251. The van der Waals surface area contributed by atoms with E-state index in [1.54, 1.807) is 5.57 Å². The minimum atomic E-state index is 0.251. The first-order valence-corrected chi connectivity index (χ1v) is 18.9. The van der Waals surface area contributed by atoms with Crippen molar-refractivity contribution in [2.75, 3.05) is 9.80 Å². The molecular weight excluding hydrogens is 603 g/mol. The monoisotopic (exact) mass is 646 g/mol. The van der Waals surface area contributed by atoms with Crippen molar-refractivity contribution in [1.29, 1.82) is 0 Å². The molecule has 3 unspecified atom stereocenters. The van der Waals surface area contributed by atoms with Crippen LogP contribution in [0.2, 0.25) is 5.82 Å². The molecule has 244 valence electrons. The van der Waals surface area contributed by atoms with Gasteiger partial charge >= 0.3 is 0 Å². The average molecular weight is 647 g/mol. The minimum Gasteiger partial charge on any atom is -0.359 e. The van der Waals surface area contributed by atoms with E-state index in [1.165, 1.54) is 93.3 Å². The van der Waals surface area contributed by atoms with Gasteiger partial charge in [0, 0.05) is 28.6 Å². The summed E-state index contributed by atoms with van der Waals surface area (Å²) in [5.74, 6) is 0.920. The molecule has 0 aromatic heterocycles. The van der Waals surface area contributed by atoms with Crippen LogP contribution in [0.25, 0.3) is 21.9 Å². The molecule has 1 saturated carbocycles. The second kappa shape index (κ2) is 12.1. The molecule has 2 aliphatic heterocycles. The highest BCUT2D eigenvalue weighted by atomic mass is 15.2. The molecular formula is C47H43BN2. The summed E-state index contributed by atoms with van der Waals surface area (Å²) in [5.41, 5.74) is 13.8. The fourth-order valence-corrected chi connectivity index (χ4v) is 9.91. The Hall–Kier alpha value is -5.02. The van der Waals surface area contributed by atoms with Gasteiger partial charge in [0.15, 0.2) is 0 Å². The molecule has 0 saturated heterocycles. The number of fused-ring (bicyclic) bond motifs is 5. The van der Waals surface area contributed by atoms with Gasteiger partial charge in [-0.05, 0) is 112 Å². The molecule has 3 aliphatic carbocycles. The molecule has 10 rings (SSSR count). The molecule has 2 nitrogen and oxygen atoms in total. The van der Waals surface area contributed by atoms with Gasteiger partial charge in [-0.15, -0.1) is 0 Å². The molecule has 0 amide bonds. The summed E-state index contributed by atoms with van der Waals surface area (Å²) in [6.07, 6.45) is 22.4. The van der Waals surface area contributed by atoms with Crippen LogP contribution in [0, 0.1) is 12.8 Å². The lowest BCUT2D eigenvalue weighted by atomic mass is 9.28. The Morgan fingerprint density at radius 3 is 2.32 bits per heavy atom. The van der Waals surface area contributed by atoms with Crippen LogP contribution < -0.4 is 20.7 Å². The van der Waals surface area contributed by atoms with E-state index < -0.39 is 0 Å². The third kappa shape index (κ3) is 4.85. The second-order valence-corrected chi connectivity index (χ2v) is 15.2. The molecule has 5 aromatic carbocycles. The van der Waals surface area contributed by atoms with Crippen LogP contribution >= 0.6 is 0 Å². The predicted octanol–water partition coefficient (Wildman–Crippen LogP) is 10.4. The smallest absolute Gasteiger partial charge is 0.226 e. The zero-order chi connectivity index (χ0) is 33.2. The molecule has 5 aliphatic rings. The standard InChI is InChI=1S/C47H43BN2/c1-32-21-25-41-44(27-32)50(40-19-9-4-10-20-40)46-31-38(33-13-5-2-6-14-33)30-45-47(46)48(41)42-29-37(36-23-22-34-15-11-12-16-35(34)28-36)24-26-43(42)49(45)39-17-7-3-8-18-39/h3-4,7-12,15-17,19-31,33,39,45,47H,2,5-6,13-14,18H2,1H3. The summed E-state index contributed by atoms with van der Waals surface area (Å²) < 4.78 is 0. The highest BCUT2D eigenvalue weighted by Crippen LogP contribution is 2.51. The van der Waals surface area contributed by atoms with Gasteiger partial charge < -0.3 is 9.80 Å². The third-order valence-electron chi connectivity index (χ3n) is 12.2. The fraction of sp³-hybridized carbons (Fsp3) is 0.234. The Balaban J connectivity index is 1.24. The Labute approximate surface area is 297 Å². The number of nitrogens with zero attached hydrogens (tertiary/aromatic N) is 2. The summed E-state index contributed by atoms with van der Waals surface area (Å²) in [7, 11) is 0. The van der Waals surface area contributed by atoms with Crippen LogP contribution in [-0.2, 0) is 0 Å². The van der Waals surface area contributed by atoms with Gasteiger partial charge in [-0.25, -0.2) is 0 Å². The second-order valence-electron chi connectivity index (χ2n) is 15.2. The van der Waals surface area contributed by atoms with E-state index in [9.17, 15) is 0 Å². The Morgan fingerprint density at radius 1 is 0.680 bits per heavy atom. The molecule has 1 fully saturated rings. The fourth-order valence-electron chi connectivity index (χ4n) is 9.91. The zero-order valence-electron chi connectivity index (χ0n) is 28.9. The van der Waals surface area contributed by atoms with Crippen molar-refractivity contribution in [1.82, 2.24) is 0 Å². The van der Waals surface area contributed by atoms with Gasteiger partial charge in [-0.1, -0.05) is 129 Å². The maximum Gasteiger partial charge on any atom is 0.226 e. The van der Waals surface area contributed by atoms with Gasteiger partial charge in [0.2, 0.25) is 6.71 Å². The van der Waals surface area contributed by atoms with E-state index in [1.807, 2.05) is 0 Å². The topological polar surface area (TPSA) is 6.48 Å². The number of hydrogen-bond acceptors (Lipinski definition) is 2. The molecule has 5 aromatic rings. The van der Waals surface area contributed by atoms with Crippen molar-refractivity contribution < 1.29 is 0 Å². The number of anilines is 3. The maximum atomic E-state index is 2.82. The normalized spacial score (nSPS) is 22.5. The number of hydrogen-bond donors (Lipinski definition) is 0. The number of benzene rings is 5. The lowest BCUT2D eigenvalue weighted by molar-refractivity contribution is 0.404. The first kappa shape index (κ1) is 29.9. The molecule has 0 N–H and O–H groups in total. The van der Waals surface area contributed by atoms with Crippen LogP contribution in [0.1, 0.15) is 44.1 Å². The van der Waals surface area contributed by atoms with Crippen molar-refractivity contribution in [3.63, 3.8) is 0 Å². The zero-order valence-corrected chi connectivity index (χ0v) is 28.9. The summed E-state index contributed by atoms with van der Waals surface area (Å²) >= 11 is 0. The van der Waals surface area contributed by atoms with Crippen molar-refractivity contribution in [3.05, 3.63) is 162 Å². The SMILES string of the molecule is Cc1ccc2c(c1)N(c1ccccc1)C1=CC(C3CCCCC3)=CC3C1B2c1cc(-c2ccc4ccccc4c2)ccc1N3C1C=CC=CC1. The summed E-state index contributed by atoms with van der Waals surface area (Å²) in [5, 5.41) is 2.58. The van der Waals surface area contributed by atoms with Crippen molar-refractivity contribution >= 4 is 45.5 Å². The van der Waals surface area contributed by atoms with Crippen LogP contribution in [0.5, 0.6) is 0 Å². The molecule has 50 heavy (non-hydrogen) atoms. The Morgan fingerprint density at radius 2 is 1.48 bits per heavy atom. The Bertz CT molecular complexity index is 2240. The average Bonchev–Trinajstić information content (AvgIpc) is 3.18. The molecule has 0 radical (unpaired) electrons. The third-order valence-corrected chi connectivity index (χ3v) is 12.2. The van der Waals surface area contributed by atoms with Crippen LogP contribution in [-0.4, -0.2) is 18.8 Å². The molecule has 0 spiro atoms. The quantitative estimate of drug-likeness (QED) is 0.179. The van der Waals surface area contributed by atoms with Crippen LogP contribution in [0.3, 0.4) is 0 Å². The van der Waals surface area contributed by atoms with E-state index in [-0.39, 0.29) is 18.6 Å². The largest absolute Gasteiger partial charge is 0.359 e. The van der Waals surface area contributed by atoms with Crippen molar-refractivity contribution in [3.8, 4) is 11.1 Å². The van der Waals surface area contributed by atoms with Crippen molar-refractivity contribution in [2.45, 2.75) is 63.3 Å². The summed E-state index contributed by atoms with van der Waals surface area (Å²) in [6, 6.07) is 42.1. The van der Waals surface area contributed by atoms with Crippen molar-refractivity contribution in [2.24, 2.45) is 5.92 Å². The Kier molecular flexibility index (Phi) is 7.22. The van der Waals surface area contributed by atoms with Gasteiger partial charge in [-0.2, -0.15) is 0 Å². The predicted molar refractivity (Wildman–Crippen MR) is 214 cm³/mol. The molecule has 0 bridgehead atoms. The number of para-hydroxylation sites is 1. The van der Waals surface area contributed by atoms with E-state index >= 15 is 0 Å². The first-order valence-electron chi connectivity index (χ1n) is 18.9. The highest BCUT2D eigenvalue weighted by molar-refractivity contribution is 6.90. The van der Waals surface area contributed by atoms with Gasteiger partial charge in [-0.3, -0.25) is 0 Å². The van der Waals surface area contributed by atoms with Gasteiger partial charge in [0.1, 0.15) is 0 Å². The number of rotatable bonds is 4. The highest BCUT2D eigenvalue weighted by Gasteiger charge is 2.53. The maximum absolute atomic E-state index is 2.82. The molecule has 3 heteroatoms.